The number of phenols is 1. The lowest BCUT2D eigenvalue weighted by Gasteiger charge is -2.20. The van der Waals surface area contributed by atoms with Crippen LogP contribution in [0.25, 0.3) is 0 Å². The lowest BCUT2D eigenvalue weighted by Crippen LogP contribution is -2.32. The predicted molar refractivity (Wildman–Crippen MR) is 74.7 cm³/mol. The molecular formula is C16H14FNO3. The third-order valence-corrected chi connectivity index (χ3v) is 3.43. The summed E-state index contributed by atoms with van der Waals surface area (Å²) >= 11 is 0. The number of phenolic OH excluding ortho intramolecular Hbond substituents is 1. The van der Waals surface area contributed by atoms with E-state index in [1.54, 1.807) is 4.90 Å². The number of halogens is 1. The zero-order chi connectivity index (χ0) is 14.8. The Bertz CT molecular complexity index is 687. The highest BCUT2D eigenvalue weighted by atomic mass is 19.1. The first-order chi connectivity index (χ1) is 10.1. The van der Waals surface area contributed by atoms with Crippen molar-refractivity contribution in [1.29, 1.82) is 0 Å². The van der Waals surface area contributed by atoms with Crippen molar-refractivity contribution >= 4 is 5.91 Å². The molecule has 1 amide bonds. The van der Waals surface area contributed by atoms with Crippen molar-refractivity contribution in [2.45, 2.75) is 6.54 Å². The van der Waals surface area contributed by atoms with E-state index < -0.39 is 5.82 Å². The van der Waals surface area contributed by atoms with E-state index in [1.807, 2.05) is 24.3 Å². The zero-order valence-corrected chi connectivity index (χ0v) is 11.3. The van der Waals surface area contributed by atoms with Crippen LogP contribution in [-0.4, -0.2) is 29.1 Å². The van der Waals surface area contributed by atoms with E-state index in [0.717, 1.165) is 23.4 Å². The second kappa shape index (κ2) is 5.44. The number of aromatic hydroxyl groups is 1. The van der Waals surface area contributed by atoms with Crippen LogP contribution in [0.3, 0.4) is 0 Å². The van der Waals surface area contributed by atoms with Crippen LogP contribution < -0.4 is 4.74 Å². The molecule has 3 rings (SSSR count). The van der Waals surface area contributed by atoms with Crippen LogP contribution in [0.4, 0.5) is 4.39 Å². The first-order valence-corrected chi connectivity index (χ1v) is 6.63. The van der Waals surface area contributed by atoms with E-state index in [-0.39, 0.29) is 17.2 Å². The van der Waals surface area contributed by atoms with Crippen molar-refractivity contribution in [1.82, 2.24) is 4.90 Å². The van der Waals surface area contributed by atoms with Gasteiger partial charge in [-0.05, 0) is 18.2 Å². The predicted octanol–water partition coefficient (Wildman–Crippen LogP) is 2.57. The Morgan fingerprint density at radius 1 is 1.24 bits per heavy atom. The minimum atomic E-state index is -0.575. The number of carbonyl (C=O) groups excluding carboxylic acids is 1. The monoisotopic (exact) mass is 287 g/mol. The Morgan fingerprint density at radius 2 is 2.05 bits per heavy atom. The van der Waals surface area contributed by atoms with E-state index in [9.17, 15) is 14.3 Å². The molecule has 21 heavy (non-hydrogen) atoms. The summed E-state index contributed by atoms with van der Waals surface area (Å²) in [6.45, 7) is 1.18. The van der Waals surface area contributed by atoms with Crippen molar-refractivity contribution in [3.8, 4) is 11.5 Å². The Balaban J connectivity index is 1.88. The third kappa shape index (κ3) is 2.67. The molecule has 2 aromatic rings. The molecule has 0 saturated heterocycles. The number of carbonyl (C=O) groups is 1. The summed E-state index contributed by atoms with van der Waals surface area (Å²) in [6.07, 6.45) is 0. The molecule has 0 saturated carbocycles. The second-order valence-corrected chi connectivity index (χ2v) is 4.84. The van der Waals surface area contributed by atoms with E-state index in [4.69, 9.17) is 4.74 Å². The molecule has 0 aromatic heterocycles. The fraction of sp³-hybridized carbons (Fsp3) is 0.188. The van der Waals surface area contributed by atoms with Crippen LogP contribution in [-0.2, 0) is 6.54 Å². The lowest BCUT2D eigenvalue weighted by atomic mass is 10.1. The molecule has 4 nitrogen and oxygen atoms in total. The standard InChI is InChI=1S/C16H14FNO3/c17-12-5-6-13(14(19)9-12)16(20)18-7-8-21-15-4-2-1-3-11(15)10-18/h1-6,9,19H,7-8,10H2. The minimum Gasteiger partial charge on any atom is -0.507 e. The first-order valence-electron chi connectivity index (χ1n) is 6.63. The van der Waals surface area contributed by atoms with Gasteiger partial charge >= 0.3 is 0 Å². The van der Waals surface area contributed by atoms with Crippen molar-refractivity contribution in [2.75, 3.05) is 13.2 Å². The van der Waals surface area contributed by atoms with Gasteiger partial charge in [-0.15, -0.1) is 0 Å². The maximum Gasteiger partial charge on any atom is 0.258 e. The highest BCUT2D eigenvalue weighted by Gasteiger charge is 2.22. The maximum atomic E-state index is 13.0. The van der Waals surface area contributed by atoms with Crippen LogP contribution in [0.15, 0.2) is 42.5 Å². The summed E-state index contributed by atoms with van der Waals surface area (Å²) in [4.78, 5) is 14.1. The number of hydrogen-bond donors (Lipinski definition) is 1. The molecule has 1 heterocycles. The Labute approximate surface area is 121 Å². The number of nitrogens with zero attached hydrogens (tertiary/aromatic N) is 1. The van der Waals surface area contributed by atoms with E-state index in [2.05, 4.69) is 0 Å². The number of benzene rings is 2. The van der Waals surface area contributed by atoms with Gasteiger partial charge in [-0.1, -0.05) is 18.2 Å². The highest BCUT2D eigenvalue weighted by Crippen LogP contribution is 2.25. The van der Waals surface area contributed by atoms with Gasteiger partial charge in [0.25, 0.3) is 5.91 Å². The molecule has 1 aliphatic rings. The van der Waals surface area contributed by atoms with Gasteiger partial charge in [0, 0.05) is 18.2 Å². The Morgan fingerprint density at radius 3 is 2.86 bits per heavy atom. The summed E-state index contributed by atoms with van der Waals surface area (Å²) in [5, 5.41) is 9.74. The van der Waals surface area contributed by atoms with Gasteiger partial charge in [0.2, 0.25) is 0 Å². The largest absolute Gasteiger partial charge is 0.507 e. The topological polar surface area (TPSA) is 49.8 Å². The molecule has 1 aliphatic heterocycles. The van der Waals surface area contributed by atoms with Crippen molar-refractivity contribution in [3.63, 3.8) is 0 Å². The number of amides is 1. The zero-order valence-electron chi connectivity index (χ0n) is 11.3. The average molecular weight is 287 g/mol. The van der Waals surface area contributed by atoms with Gasteiger partial charge in [0.1, 0.15) is 23.9 Å². The molecule has 1 N–H and O–H groups in total. The highest BCUT2D eigenvalue weighted by molar-refractivity contribution is 5.96. The summed E-state index contributed by atoms with van der Waals surface area (Å²) in [6, 6.07) is 10.9. The number of ether oxygens (including phenoxy) is 1. The fourth-order valence-electron chi connectivity index (χ4n) is 2.36. The number of hydrogen-bond acceptors (Lipinski definition) is 3. The first kappa shape index (κ1) is 13.4. The quantitative estimate of drug-likeness (QED) is 0.877. The SMILES string of the molecule is O=C(c1ccc(F)cc1O)N1CCOc2ccccc2C1. The molecule has 108 valence electrons. The molecule has 0 aliphatic carbocycles. The van der Waals surface area contributed by atoms with Crippen molar-refractivity contribution in [2.24, 2.45) is 0 Å². The maximum absolute atomic E-state index is 13.0. The van der Waals surface area contributed by atoms with Crippen LogP contribution in [0.2, 0.25) is 0 Å². The third-order valence-electron chi connectivity index (χ3n) is 3.43. The molecule has 5 heteroatoms. The molecule has 2 aromatic carbocycles. The molecule has 0 radical (unpaired) electrons. The molecule has 0 bridgehead atoms. The van der Waals surface area contributed by atoms with Gasteiger partial charge in [-0.25, -0.2) is 4.39 Å². The molecule has 0 unspecified atom stereocenters. The number of rotatable bonds is 1. The Hall–Kier alpha value is -2.56. The summed E-state index contributed by atoms with van der Waals surface area (Å²) in [7, 11) is 0. The summed E-state index contributed by atoms with van der Waals surface area (Å²) in [5.41, 5.74) is 1.00. The van der Waals surface area contributed by atoms with E-state index in [1.165, 1.54) is 6.07 Å². The molecular weight excluding hydrogens is 273 g/mol. The molecule has 0 fully saturated rings. The fourth-order valence-corrected chi connectivity index (χ4v) is 2.36. The second-order valence-electron chi connectivity index (χ2n) is 4.84. The van der Waals surface area contributed by atoms with Gasteiger partial charge in [0.15, 0.2) is 0 Å². The van der Waals surface area contributed by atoms with Crippen LogP contribution >= 0.6 is 0 Å². The average Bonchev–Trinajstić information content (AvgIpc) is 2.68. The van der Waals surface area contributed by atoms with E-state index >= 15 is 0 Å². The molecule has 0 spiro atoms. The lowest BCUT2D eigenvalue weighted by molar-refractivity contribution is 0.0730. The Kier molecular flexibility index (Phi) is 3.48. The van der Waals surface area contributed by atoms with Gasteiger partial charge in [-0.3, -0.25) is 4.79 Å². The summed E-state index contributed by atoms with van der Waals surface area (Å²) < 4.78 is 18.6. The van der Waals surface area contributed by atoms with Gasteiger partial charge in [0.05, 0.1) is 12.1 Å². The van der Waals surface area contributed by atoms with Gasteiger partial charge in [-0.2, -0.15) is 0 Å². The number of para-hydroxylation sites is 1. The molecule has 0 atom stereocenters. The number of fused-ring (bicyclic) bond motifs is 1. The van der Waals surface area contributed by atoms with E-state index in [0.29, 0.717) is 19.7 Å². The minimum absolute atomic E-state index is 0.0933. The van der Waals surface area contributed by atoms with Gasteiger partial charge < -0.3 is 14.7 Å². The normalized spacial score (nSPS) is 14.0. The van der Waals surface area contributed by atoms with Crippen LogP contribution in [0.5, 0.6) is 11.5 Å². The van der Waals surface area contributed by atoms with Crippen LogP contribution in [0.1, 0.15) is 15.9 Å². The summed E-state index contributed by atoms with van der Waals surface area (Å²) in [5.74, 6) is -0.504. The van der Waals surface area contributed by atoms with Crippen molar-refractivity contribution < 1.29 is 19.0 Å². The smallest absolute Gasteiger partial charge is 0.258 e. The van der Waals surface area contributed by atoms with Crippen molar-refractivity contribution in [3.05, 3.63) is 59.4 Å². The van der Waals surface area contributed by atoms with Crippen LogP contribution in [0, 0.1) is 5.82 Å².